The molecule has 0 N–H and O–H groups in total. The zero-order valence-electron chi connectivity index (χ0n) is 16.8. The van der Waals surface area contributed by atoms with Crippen LogP contribution in [0.3, 0.4) is 0 Å². The van der Waals surface area contributed by atoms with Gasteiger partial charge in [-0.1, -0.05) is 30.3 Å². The van der Waals surface area contributed by atoms with Gasteiger partial charge in [0, 0.05) is 18.1 Å². The van der Waals surface area contributed by atoms with Gasteiger partial charge in [0.15, 0.2) is 0 Å². The maximum atomic E-state index is 5.62. The molecule has 148 valence electrons. The second-order valence-corrected chi connectivity index (χ2v) is 6.79. The fourth-order valence-corrected chi connectivity index (χ4v) is 3.61. The summed E-state index contributed by atoms with van der Waals surface area (Å²) in [4.78, 5) is 0. The Morgan fingerprint density at radius 3 is 2.14 bits per heavy atom. The Morgan fingerprint density at radius 1 is 0.793 bits per heavy atom. The fourth-order valence-electron chi connectivity index (χ4n) is 3.61. The predicted octanol–water partition coefficient (Wildman–Crippen LogP) is 5.07. The minimum absolute atomic E-state index is 0.0881. The van der Waals surface area contributed by atoms with Crippen LogP contribution >= 0.6 is 0 Å². The van der Waals surface area contributed by atoms with E-state index in [4.69, 9.17) is 19.3 Å². The molecule has 3 aromatic carbocycles. The van der Waals surface area contributed by atoms with Gasteiger partial charge in [0.05, 0.1) is 38.8 Å². The van der Waals surface area contributed by atoms with Crippen molar-refractivity contribution in [2.45, 2.75) is 12.5 Å². The number of rotatable bonds is 6. The lowest BCUT2D eigenvalue weighted by Gasteiger charge is -2.24. The summed E-state index contributed by atoms with van der Waals surface area (Å²) in [5, 5.41) is 7.08. The van der Waals surface area contributed by atoms with Crippen LogP contribution in [0.2, 0.25) is 0 Å². The maximum absolute atomic E-state index is 5.62. The summed E-state index contributed by atoms with van der Waals surface area (Å²) in [5.41, 5.74) is 4.19. The zero-order chi connectivity index (χ0) is 20.2. The Balaban J connectivity index is 1.74. The molecule has 0 bridgehead atoms. The van der Waals surface area contributed by atoms with Crippen LogP contribution in [0.4, 0.5) is 5.69 Å². The summed E-state index contributed by atoms with van der Waals surface area (Å²) in [5.74, 6) is 2.36. The standard InChI is InChI=1S/C24H24N2O3/c1-27-19-11-9-17(10-12-19)23-16-22(25-26(23)18-7-5-4-6-8-18)21-14-13-20(28-2)15-24(21)29-3/h4-15,23H,16H2,1-3H3. The average molecular weight is 388 g/mol. The van der Waals surface area contributed by atoms with Crippen molar-refractivity contribution in [1.82, 2.24) is 0 Å². The Morgan fingerprint density at radius 2 is 1.48 bits per heavy atom. The van der Waals surface area contributed by atoms with Gasteiger partial charge in [-0.15, -0.1) is 0 Å². The average Bonchev–Trinajstić information content (AvgIpc) is 3.24. The van der Waals surface area contributed by atoms with Crippen molar-refractivity contribution < 1.29 is 14.2 Å². The van der Waals surface area contributed by atoms with Crippen LogP contribution < -0.4 is 19.2 Å². The van der Waals surface area contributed by atoms with Crippen molar-refractivity contribution >= 4 is 11.4 Å². The Labute approximate surface area is 171 Å². The van der Waals surface area contributed by atoms with E-state index in [1.54, 1.807) is 21.3 Å². The summed E-state index contributed by atoms with van der Waals surface area (Å²) in [7, 11) is 5.00. The number of ether oxygens (including phenoxy) is 3. The van der Waals surface area contributed by atoms with Crippen molar-refractivity contribution in [3.05, 3.63) is 83.9 Å². The molecule has 5 heteroatoms. The molecule has 1 aliphatic rings. The van der Waals surface area contributed by atoms with Crippen molar-refractivity contribution in [1.29, 1.82) is 0 Å². The smallest absolute Gasteiger partial charge is 0.131 e. The van der Waals surface area contributed by atoms with Crippen molar-refractivity contribution in [3.8, 4) is 17.2 Å². The second-order valence-electron chi connectivity index (χ2n) is 6.79. The Bertz CT molecular complexity index is 1000. The van der Waals surface area contributed by atoms with Gasteiger partial charge in [0.1, 0.15) is 17.2 Å². The normalized spacial score (nSPS) is 15.8. The third-order valence-corrected chi connectivity index (χ3v) is 5.15. The van der Waals surface area contributed by atoms with E-state index < -0.39 is 0 Å². The molecular formula is C24H24N2O3. The van der Waals surface area contributed by atoms with Crippen molar-refractivity contribution in [2.24, 2.45) is 5.10 Å². The third kappa shape index (κ3) is 3.76. The van der Waals surface area contributed by atoms with Crippen LogP contribution in [0.25, 0.3) is 0 Å². The van der Waals surface area contributed by atoms with Crippen LogP contribution in [0.15, 0.2) is 77.9 Å². The minimum Gasteiger partial charge on any atom is -0.497 e. The highest BCUT2D eigenvalue weighted by atomic mass is 16.5. The van der Waals surface area contributed by atoms with Gasteiger partial charge < -0.3 is 14.2 Å². The summed E-state index contributed by atoms with van der Waals surface area (Å²) in [6.07, 6.45) is 0.768. The monoisotopic (exact) mass is 388 g/mol. The molecule has 1 aliphatic heterocycles. The third-order valence-electron chi connectivity index (χ3n) is 5.15. The molecule has 0 fully saturated rings. The van der Waals surface area contributed by atoms with Crippen LogP contribution in [-0.2, 0) is 0 Å². The molecule has 1 atom stereocenters. The predicted molar refractivity (Wildman–Crippen MR) is 115 cm³/mol. The molecule has 0 amide bonds. The number of benzene rings is 3. The highest BCUT2D eigenvalue weighted by Gasteiger charge is 2.31. The topological polar surface area (TPSA) is 43.3 Å². The molecule has 0 aromatic heterocycles. The summed E-state index contributed by atoms with van der Waals surface area (Å²) in [6, 6.07) is 24.3. The molecule has 0 aliphatic carbocycles. The molecule has 29 heavy (non-hydrogen) atoms. The number of para-hydroxylation sites is 1. The number of nitrogens with zero attached hydrogens (tertiary/aromatic N) is 2. The van der Waals surface area contributed by atoms with Gasteiger partial charge in [0.2, 0.25) is 0 Å². The molecule has 0 saturated heterocycles. The number of hydrazone groups is 1. The minimum atomic E-state index is 0.0881. The Kier molecular flexibility index (Phi) is 5.38. The quantitative estimate of drug-likeness (QED) is 0.591. The van der Waals surface area contributed by atoms with Gasteiger partial charge in [-0.3, -0.25) is 5.01 Å². The summed E-state index contributed by atoms with van der Waals surface area (Å²) in [6.45, 7) is 0. The fraction of sp³-hybridized carbons (Fsp3) is 0.208. The van der Waals surface area contributed by atoms with E-state index in [0.29, 0.717) is 0 Å². The molecule has 3 aromatic rings. The van der Waals surface area contributed by atoms with Crippen LogP contribution in [0.1, 0.15) is 23.6 Å². The van der Waals surface area contributed by atoms with E-state index in [2.05, 4.69) is 29.3 Å². The molecule has 4 rings (SSSR count). The Hall–Kier alpha value is -3.47. The maximum Gasteiger partial charge on any atom is 0.131 e. The molecular weight excluding hydrogens is 364 g/mol. The van der Waals surface area contributed by atoms with E-state index in [1.165, 1.54) is 5.56 Å². The molecule has 0 spiro atoms. The van der Waals surface area contributed by atoms with E-state index in [1.807, 2.05) is 48.5 Å². The number of methoxy groups -OCH3 is 3. The lowest BCUT2D eigenvalue weighted by atomic mass is 9.97. The zero-order valence-corrected chi connectivity index (χ0v) is 16.8. The first-order chi connectivity index (χ1) is 14.2. The van der Waals surface area contributed by atoms with Gasteiger partial charge >= 0.3 is 0 Å². The van der Waals surface area contributed by atoms with Gasteiger partial charge in [-0.25, -0.2) is 0 Å². The molecule has 1 heterocycles. The first-order valence-electron chi connectivity index (χ1n) is 9.51. The molecule has 5 nitrogen and oxygen atoms in total. The van der Waals surface area contributed by atoms with E-state index in [9.17, 15) is 0 Å². The van der Waals surface area contributed by atoms with E-state index in [-0.39, 0.29) is 6.04 Å². The molecule has 0 radical (unpaired) electrons. The highest BCUT2D eigenvalue weighted by molar-refractivity contribution is 6.05. The molecule has 0 saturated carbocycles. The van der Waals surface area contributed by atoms with E-state index >= 15 is 0 Å². The SMILES string of the molecule is COc1ccc(C2CC(c3ccc(OC)cc3OC)=NN2c2ccccc2)cc1. The van der Waals surface area contributed by atoms with Crippen molar-refractivity contribution in [3.63, 3.8) is 0 Å². The highest BCUT2D eigenvalue weighted by Crippen LogP contribution is 2.39. The first-order valence-corrected chi connectivity index (χ1v) is 9.51. The lowest BCUT2D eigenvalue weighted by molar-refractivity contribution is 0.394. The lowest BCUT2D eigenvalue weighted by Crippen LogP contribution is -2.18. The summed E-state index contributed by atoms with van der Waals surface area (Å²) < 4.78 is 16.3. The number of anilines is 1. The van der Waals surface area contributed by atoms with Gasteiger partial charge in [0.25, 0.3) is 0 Å². The van der Waals surface area contributed by atoms with Crippen LogP contribution in [0, 0.1) is 0 Å². The molecule has 1 unspecified atom stereocenters. The number of hydrogen-bond acceptors (Lipinski definition) is 5. The van der Waals surface area contributed by atoms with Gasteiger partial charge in [-0.05, 0) is 42.0 Å². The van der Waals surface area contributed by atoms with E-state index in [0.717, 1.165) is 40.6 Å². The van der Waals surface area contributed by atoms with Crippen molar-refractivity contribution in [2.75, 3.05) is 26.3 Å². The second kappa shape index (κ2) is 8.27. The van der Waals surface area contributed by atoms with Gasteiger partial charge in [-0.2, -0.15) is 5.10 Å². The van der Waals surface area contributed by atoms with Crippen LogP contribution in [0.5, 0.6) is 17.2 Å². The first kappa shape index (κ1) is 18.9. The largest absolute Gasteiger partial charge is 0.497 e. The number of hydrogen-bond donors (Lipinski definition) is 0. The summed E-state index contributed by atoms with van der Waals surface area (Å²) >= 11 is 0. The van der Waals surface area contributed by atoms with Crippen LogP contribution in [-0.4, -0.2) is 27.0 Å².